The Hall–Kier alpha value is -2.78. The highest BCUT2D eigenvalue weighted by Gasteiger charge is 2.11. The van der Waals surface area contributed by atoms with E-state index < -0.39 is 0 Å². The first-order chi connectivity index (χ1) is 12.2. The molecule has 1 aliphatic rings. The summed E-state index contributed by atoms with van der Waals surface area (Å²) in [5, 5.41) is 9.61. The molecule has 0 radical (unpaired) electrons. The highest BCUT2D eigenvalue weighted by Crippen LogP contribution is 2.24. The van der Waals surface area contributed by atoms with Crippen molar-refractivity contribution in [1.82, 2.24) is 15.3 Å². The number of nitrogens with zero attached hydrogens (tertiary/aromatic N) is 2. The molecule has 1 saturated heterocycles. The lowest BCUT2D eigenvalue weighted by Crippen LogP contribution is -2.07. The predicted octanol–water partition coefficient (Wildman–Crippen LogP) is 2.54. The van der Waals surface area contributed by atoms with E-state index in [9.17, 15) is 0 Å². The average Bonchev–Trinajstić information content (AvgIpc) is 3.13. The van der Waals surface area contributed by atoms with Crippen LogP contribution in [-0.2, 0) is 0 Å². The van der Waals surface area contributed by atoms with Gasteiger partial charge in [0, 0.05) is 37.0 Å². The van der Waals surface area contributed by atoms with Gasteiger partial charge in [-0.25, -0.2) is 4.98 Å². The number of methoxy groups -OCH3 is 1. The molecule has 0 aliphatic carbocycles. The molecule has 0 spiro atoms. The van der Waals surface area contributed by atoms with E-state index in [4.69, 9.17) is 4.74 Å². The largest absolute Gasteiger partial charge is 0.495 e. The Balaban J connectivity index is 1.84. The third-order valence-corrected chi connectivity index (χ3v) is 4.04. The van der Waals surface area contributed by atoms with Crippen LogP contribution >= 0.6 is 0 Å². The predicted molar refractivity (Wildman–Crippen MR) is 100 cm³/mol. The van der Waals surface area contributed by atoms with Crippen LogP contribution in [0.2, 0.25) is 0 Å². The summed E-state index contributed by atoms with van der Waals surface area (Å²) >= 11 is 0. The van der Waals surface area contributed by atoms with Gasteiger partial charge in [0.15, 0.2) is 0 Å². The number of rotatable bonds is 4. The van der Waals surface area contributed by atoms with Gasteiger partial charge in [0.1, 0.15) is 11.6 Å². The van der Waals surface area contributed by atoms with Crippen LogP contribution in [-0.4, -0.2) is 37.2 Å². The van der Waals surface area contributed by atoms with Crippen molar-refractivity contribution in [2.75, 3.05) is 37.9 Å². The van der Waals surface area contributed by atoms with E-state index in [0.29, 0.717) is 11.9 Å². The second-order valence-corrected chi connectivity index (χ2v) is 5.97. The van der Waals surface area contributed by atoms with Crippen LogP contribution in [0.15, 0.2) is 24.3 Å². The van der Waals surface area contributed by atoms with E-state index in [0.717, 1.165) is 48.0 Å². The van der Waals surface area contributed by atoms with Gasteiger partial charge >= 0.3 is 0 Å². The lowest BCUT2D eigenvalue weighted by Gasteiger charge is -2.10. The van der Waals surface area contributed by atoms with E-state index in [-0.39, 0.29) is 0 Å². The van der Waals surface area contributed by atoms with Crippen LogP contribution in [0, 0.1) is 24.7 Å². The number of hydrogen-bond donors (Lipinski definition) is 3. The molecular weight excluding hydrogens is 314 g/mol. The van der Waals surface area contributed by atoms with Crippen molar-refractivity contribution in [2.24, 2.45) is 5.92 Å². The van der Waals surface area contributed by atoms with Crippen LogP contribution in [0.3, 0.4) is 0 Å². The molecule has 3 N–H and O–H groups in total. The Morgan fingerprint density at radius 1 is 1.28 bits per heavy atom. The summed E-state index contributed by atoms with van der Waals surface area (Å²) in [5.74, 6) is 9.08. The molecule has 0 bridgehead atoms. The van der Waals surface area contributed by atoms with Gasteiger partial charge in [0.2, 0.25) is 5.95 Å². The minimum atomic E-state index is 0.402. The van der Waals surface area contributed by atoms with Crippen LogP contribution in [0.5, 0.6) is 5.75 Å². The molecule has 6 nitrogen and oxygen atoms in total. The molecule has 2 aromatic rings. The summed E-state index contributed by atoms with van der Waals surface area (Å²) in [6, 6.07) is 7.71. The summed E-state index contributed by atoms with van der Waals surface area (Å²) in [7, 11) is 3.50. The fourth-order valence-corrected chi connectivity index (χ4v) is 2.72. The molecule has 1 fully saturated rings. The van der Waals surface area contributed by atoms with Crippen LogP contribution in [0.25, 0.3) is 0 Å². The first kappa shape index (κ1) is 17.1. The van der Waals surface area contributed by atoms with E-state index in [1.807, 2.05) is 38.2 Å². The van der Waals surface area contributed by atoms with Crippen molar-refractivity contribution >= 4 is 17.5 Å². The molecule has 1 unspecified atom stereocenters. The SMILES string of the molecule is CNc1cc(C)nc(Nc2ccc(OC)c(C#CC3CCNC3)c2)n1. The third-order valence-electron chi connectivity index (χ3n) is 4.04. The first-order valence-electron chi connectivity index (χ1n) is 8.38. The summed E-state index contributed by atoms with van der Waals surface area (Å²) in [6.07, 6.45) is 1.09. The number of ether oxygens (including phenoxy) is 1. The van der Waals surface area contributed by atoms with Crippen molar-refractivity contribution in [1.29, 1.82) is 0 Å². The summed E-state index contributed by atoms with van der Waals surface area (Å²) < 4.78 is 5.43. The van der Waals surface area contributed by atoms with Crippen molar-refractivity contribution in [3.05, 3.63) is 35.5 Å². The highest BCUT2D eigenvalue weighted by atomic mass is 16.5. The second-order valence-electron chi connectivity index (χ2n) is 5.97. The van der Waals surface area contributed by atoms with E-state index in [1.54, 1.807) is 7.11 Å². The van der Waals surface area contributed by atoms with Gasteiger partial charge in [0.25, 0.3) is 0 Å². The normalized spacial score (nSPS) is 16.0. The molecule has 1 aromatic carbocycles. The van der Waals surface area contributed by atoms with Gasteiger partial charge in [-0.05, 0) is 38.1 Å². The minimum absolute atomic E-state index is 0.402. The summed E-state index contributed by atoms with van der Waals surface area (Å²) in [4.78, 5) is 8.84. The maximum absolute atomic E-state index is 5.43. The standard InChI is InChI=1S/C19H23N5O/c1-13-10-18(20-2)24-19(22-13)23-16-6-7-17(25-3)15(11-16)5-4-14-8-9-21-12-14/h6-7,10-11,14,21H,8-9,12H2,1-3H3,(H2,20,22,23,24). The smallest absolute Gasteiger partial charge is 0.229 e. The molecule has 1 aromatic heterocycles. The Bertz CT molecular complexity index is 803. The molecule has 1 atom stereocenters. The third kappa shape index (κ3) is 4.40. The number of benzene rings is 1. The molecule has 1 aliphatic heterocycles. The molecule has 3 rings (SSSR count). The number of nitrogens with one attached hydrogen (secondary N) is 3. The monoisotopic (exact) mass is 337 g/mol. The fraction of sp³-hybridized carbons (Fsp3) is 0.368. The van der Waals surface area contributed by atoms with Gasteiger partial charge in [0.05, 0.1) is 12.7 Å². The second kappa shape index (κ2) is 7.86. The Kier molecular flexibility index (Phi) is 5.36. The lowest BCUT2D eigenvalue weighted by atomic mass is 10.1. The lowest BCUT2D eigenvalue weighted by molar-refractivity contribution is 0.413. The number of aromatic nitrogens is 2. The van der Waals surface area contributed by atoms with E-state index >= 15 is 0 Å². The van der Waals surface area contributed by atoms with Gasteiger partial charge in [-0.15, -0.1) is 0 Å². The van der Waals surface area contributed by atoms with Gasteiger partial charge in [-0.2, -0.15) is 4.98 Å². The molecule has 0 saturated carbocycles. The zero-order chi connectivity index (χ0) is 17.6. The molecular formula is C19H23N5O. The summed E-state index contributed by atoms with van der Waals surface area (Å²) in [5.41, 5.74) is 2.63. The van der Waals surface area contributed by atoms with Crippen molar-refractivity contribution in [3.63, 3.8) is 0 Å². The van der Waals surface area contributed by atoms with Gasteiger partial charge in [-0.3, -0.25) is 0 Å². The summed E-state index contributed by atoms with van der Waals surface area (Å²) in [6.45, 7) is 3.93. The minimum Gasteiger partial charge on any atom is -0.495 e. The zero-order valence-corrected chi connectivity index (χ0v) is 14.8. The maximum Gasteiger partial charge on any atom is 0.229 e. The van der Waals surface area contributed by atoms with Gasteiger partial charge < -0.3 is 20.7 Å². The Labute approximate surface area is 148 Å². The number of hydrogen-bond acceptors (Lipinski definition) is 6. The number of anilines is 3. The van der Waals surface area contributed by atoms with Crippen LogP contribution < -0.4 is 20.7 Å². The fourth-order valence-electron chi connectivity index (χ4n) is 2.72. The van der Waals surface area contributed by atoms with Crippen LogP contribution in [0.1, 0.15) is 17.7 Å². The van der Waals surface area contributed by atoms with Crippen molar-refractivity contribution in [3.8, 4) is 17.6 Å². The van der Waals surface area contributed by atoms with Crippen LogP contribution in [0.4, 0.5) is 17.5 Å². The highest BCUT2D eigenvalue weighted by molar-refractivity contribution is 5.62. The van der Waals surface area contributed by atoms with Gasteiger partial charge in [-0.1, -0.05) is 11.8 Å². The molecule has 6 heteroatoms. The maximum atomic E-state index is 5.43. The average molecular weight is 337 g/mol. The quantitative estimate of drug-likeness (QED) is 0.745. The van der Waals surface area contributed by atoms with Crippen molar-refractivity contribution < 1.29 is 4.74 Å². The molecule has 0 amide bonds. The number of aryl methyl sites for hydroxylation is 1. The molecule has 25 heavy (non-hydrogen) atoms. The first-order valence-corrected chi connectivity index (χ1v) is 8.38. The van der Waals surface area contributed by atoms with E-state index in [1.165, 1.54) is 0 Å². The van der Waals surface area contributed by atoms with E-state index in [2.05, 4.69) is 37.8 Å². The Morgan fingerprint density at radius 3 is 2.88 bits per heavy atom. The zero-order valence-electron chi connectivity index (χ0n) is 14.8. The molecule has 2 heterocycles. The topological polar surface area (TPSA) is 71.1 Å². The van der Waals surface area contributed by atoms with Crippen molar-refractivity contribution in [2.45, 2.75) is 13.3 Å². The molecule has 130 valence electrons. The Morgan fingerprint density at radius 2 is 2.16 bits per heavy atom.